The first-order chi connectivity index (χ1) is 14.2. The third kappa shape index (κ3) is 6.79. The maximum atomic E-state index is 11.8. The molecule has 15 heteroatoms. The Hall–Kier alpha value is -2.40. The summed E-state index contributed by atoms with van der Waals surface area (Å²) in [6, 6.07) is 0. The maximum absolute atomic E-state index is 11.8. The van der Waals surface area contributed by atoms with Gasteiger partial charge in [0.1, 0.15) is 0 Å². The average molecular weight is 458 g/mol. The molecule has 0 unspecified atom stereocenters. The van der Waals surface area contributed by atoms with E-state index in [2.05, 4.69) is 0 Å². The third-order valence-corrected chi connectivity index (χ3v) is 3.91. The van der Waals surface area contributed by atoms with Gasteiger partial charge in [0.25, 0.3) is 0 Å². The number of aliphatic carboxylic acids is 4. The fourth-order valence-corrected chi connectivity index (χ4v) is 2.50. The molecule has 31 heavy (non-hydrogen) atoms. The van der Waals surface area contributed by atoms with E-state index in [9.17, 15) is 39.6 Å². The number of rotatable bonds is 4. The summed E-state index contributed by atoms with van der Waals surface area (Å²) in [5, 5.41) is 38.1. The summed E-state index contributed by atoms with van der Waals surface area (Å²) in [5.74, 6) is -9.53. The highest BCUT2D eigenvalue weighted by Crippen LogP contribution is 2.33. The van der Waals surface area contributed by atoms with Crippen molar-refractivity contribution in [2.45, 2.75) is 11.2 Å². The summed E-state index contributed by atoms with van der Waals surface area (Å²) in [6.45, 7) is -1.37. The highest BCUT2D eigenvalue weighted by molar-refractivity contribution is 6.18. The number of carboxylic acids is 4. The SMILES string of the molecule is O.O=C(O)C1(C(=O)O)OCCOCCOCCOCCOCCOC1(C(=O)O)C(=O)O. The second-order valence-corrected chi connectivity index (χ2v) is 5.73. The maximum Gasteiger partial charge on any atom is 0.352 e. The van der Waals surface area contributed by atoms with Gasteiger partial charge in [0.2, 0.25) is 0 Å². The second-order valence-electron chi connectivity index (χ2n) is 5.73. The molecule has 15 nitrogen and oxygen atoms in total. The summed E-state index contributed by atoms with van der Waals surface area (Å²) in [7, 11) is 0. The van der Waals surface area contributed by atoms with Gasteiger partial charge in [-0.15, -0.1) is 0 Å². The van der Waals surface area contributed by atoms with E-state index < -0.39 is 48.3 Å². The van der Waals surface area contributed by atoms with Crippen molar-refractivity contribution in [2.75, 3.05) is 66.1 Å². The van der Waals surface area contributed by atoms with Gasteiger partial charge in [0.05, 0.1) is 66.1 Å². The Morgan fingerprint density at radius 2 is 0.645 bits per heavy atom. The standard InChI is InChI=1S/C16H24O14.H2O/c17-11(18)15(12(19)20)16(13(21)22,14(23)24)30-10-8-28-6-4-26-2-1-25-3-5-27-7-9-29-15;/h1-10H2,(H,17,18)(H,19,20)(H,21,22)(H,23,24);1H2. The highest BCUT2D eigenvalue weighted by Gasteiger charge is 2.75. The van der Waals surface area contributed by atoms with Crippen molar-refractivity contribution in [3.05, 3.63) is 0 Å². The van der Waals surface area contributed by atoms with Crippen molar-refractivity contribution in [1.82, 2.24) is 0 Å². The molecule has 0 saturated carbocycles. The molecule has 1 aliphatic rings. The van der Waals surface area contributed by atoms with E-state index in [0.717, 1.165) is 0 Å². The average Bonchev–Trinajstić information content (AvgIpc) is 2.66. The van der Waals surface area contributed by atoms with Gasteiger partial charge in [-0.3, -0.25) is 0 Å². The van der Waals surface area contributed by atoms with Crippen molar-refractivity contribution < 1.29 is 73.5 Å². The molecule has 0 aromatic heterocycles. The molecule has 0 radical (unpaired) electrons. The first kappa shape index (κ1) is 28.6. The Morgan fingerprint density at radius 1 is 0.452 bits per heavy atom. The third-order valence-electron chi connectivity index (χ3n) is 3.91. The van der Waals surface area contributed by atoms with Crippen LogP contribution in [0.4, 0.5) is 0 Å². The minimum atomic E-state index is -3.82. The molecule has 0 aromatic carbocycles. The summed E-state index contributed by atoms with van der Waals surface area (Å²) in [6.07, 6.45) is 0. The van der Waals surface area contributed by atoms with Gasteiger partial charge >= 0.3 is 35.1 Å². The van der Waals surface area contributed by atoms with E-state index in [1.165, 1.54) is 0 Å². The van der Waals surface area contributed by atoms with E-state index in [1.807, 2.05) is 0 Å². The molecule has 0 bridgehead atoms. The Morgan fingerprint density at radius 3 is 0.839 bits per heavy atom. The van der Waals surface area contributed by atoms with Crippen LogP contribution in [0.3, 0.4) is 0 Å². The lowest BCUT2D eigenvalue weighted by molar-refractivity contribution is -0.242. The predicted octanol–water partition coefficient (Wildman–Crippen LogP) is -2.91. The highest BCUT2D eigenvalue weighted by atomic mass is 16.6. The zero-order valence-electron chi connectivity index (χ0n) is 16.4. The van der Waals surface area contributed by atoms with Crippen LogP contribution in [0.15, 0.2) is 0 Å². The monoisotopic (exact) mass is 458 g/mol. The molecule has 0 aliphatic carbocycles. The van der Waals surface area contributed by atoms with Crippen LogP contribution in [-0.2, 0) is 47.6 Å². The molecule has 1 aliphatic heterocycles. The van der Waals surface area contributed by atoms with Crippen LogP contribution in [-0.4, -0.2) is 127 Å². The zero-order valence-corrected chi connectivity index (χ0v) is 16.4. The van der Waals surface area contributed by atoms with E-state index in [-0.39, 0.29) is 58.3 Å². The summed E-state index contributed by atoms with van der Waals surface area (Å²) < 4.78 is 30.2. The molecule has 6 N–H and O–H groups in total. The topological polar surface area (TPSA) is 236 Å². The van der Waals surface area contributed by atoms with E-state index in [1.54, 1.807) is 0 Å². The van der Waals surface area contributed by atoms with E-state index >= 15 is 0 Å². The van der Waals surface area contributed by atoms with E-state index in [0.29, 0.717) is 0 Å². The lowest BCUT2D eigenvalue weighted by Gasteiger charge is -2.37. The number of carbonyl (C=O) groups is 4. The normalized spacial score (nSPS) is 21.4. The molecule has 1 fully saturated rings. The molecule has 0 spiro atoms. The first-order valence-electron chi connectivity index (χ1n) is 8.76. The van der Waals surface area contributed by atoms with Gasteiger partial charge in [0.15, 0.2) is 0 Å². The molecule has 0 aromatic rings. The van der Waals surface area contributed by atoms with Crippen molar-refractivity contribution in [3.8, 4) is 0 Å². The summed E-state index contributed by atoms with van der Waals surface area (Å²) in [4.78, 5) is 47.4. The molecule has 1 heterocycles. The van der Waals surface area contributed by atoms with Crippen LogP contribution in [0.25, 0.3) is 0 Å². The van der Waals surface area contributed by atoms with Gasteiger partial charge in [-0.1, -0.05) is 0 Å². The minimum Gasteiger partial charge on any atom is -0.479 e. The van der Waals surface area contributed by atoms with Crippen LogP contribution >= 0.6 is 0 Å². The smallest absolute Gasteiger partial charge is 0.352 e. The van der Waals surface area contributed by atoms with Crippen LogP contribution in [0.5, 0.6) is 0 Å². The molecule has 0 atom stereocenters. The first-order valence-corrected chi connectivity index (χ1v) is 8.76. The Bertz CT molecular complexity index is 524. The largest absolute Gasteiger partial charge is 0.479 e. The Balaban J connectivity index is 0.00000900. The van der Waals surface area contributed by atoms with E-state index in [4.69, 9.17) is 28.4 Å². The van der Waals surface area contributed by atoms with Crippen molar-refractivity contribution >= 4 is 23.9 Å². The molecule has 180 valence electrons. The number of carboxylic acid groups (broad SMARTS) is 4. The lowest BCUT2D eigenvalue weighted by Crippen LogP contribution is -2.74. The Kier molecular flexibility index (Phi) is 12.7. The van der Waals surface area contributed by atoms with Gasteiger partial charge in [-0.25, -0.2) is 19.2 Å². The minimum absolute atomic E-state index is 0. The fraction of sp³-hybridized carbons (Fsp3) is 0.750. The van der Waals surface area contributed by atoms with Crippen molar-refractivity contribution in [3.63, 3.8) is 0 Å². The number of hydrogen-bond acceptors (Lipinski definition) is 10. The number of hydrogen-bond donors (Lipinski definition) is 4. The fourth-order valence-electron chi connectivity index (χ4n) is 2.50. The molecule has 1 saturated heterocycles. The Labute approximate surface area is 175 Å². The summed E-state index contributed by atoms with van der Waals surface area (Å²) >= 11 is 0. The molecule has 0 amide bonds. The van der Waals surface area contributed by atoms with Gasteiger partial charge < -0.3 is 54.3 Å². The zero-order chi connectivity index (χ0) is 22.6. The van der Waals surface area contributed by atoms with Crippen LogP contribution in [0.2, 0.25) is 0 Å². The van der Waals surface area contributed by atoms with Gasteiger partial charge in [-0.2, -0.15) is 0 Å². The van der Waals surface area contributed by atoms with Crippen molar-refractivity contribution in [2.24, 2.45) is 0 Å². The second kappa shape index (κ2) is 13.8. The predicted molar refractivity (Wildman–Crippen MR) is 94.8 cm³/mol. The van der Waals surface area contributed by atoms with Gasteiger partial charge in [0, 0.05) is 0 Å². The lowest BCUT2D eigenvalue weighted by atomic mass is 9.81. The van der Waals surface area contributed by atoms with Crippen LogP contribution in [0, 0.1) is 0 Å². The van der Waals surface area contributed by atoms with Crippen molar-refractivity contribution in [1.29, 1.82) is 0 Å². The summed E-state index contributed by atoms with van der Waals surface area (Å²) in [5.41, 5.74) is -7.64. The van der Waals surface area contributed by atoms with Crippen LogP contribution < -0.4 is 0 Å². The van der Waals surface area contributed by atoms with Gasteiger partial charge in [-0.05, 0) is 0 Å². The quantitative estimate of drug-likeness (QED) is 0.309. The number of ether oxygens (including phenoxy) is 6. The van der Waals surface area contributed by atoms with Crippen LogP contribution in [0.1, 0.15) is 0 Å². The molecule has 1 rings (SSSR count). The molecular formula is C16H26O15. The molecular weight excluding hydrogens is 432 g/mol.